The summed E-state index contributed by atoms with van der Waals surface area (Å²) in [4.78, 5) is 28.1. The van der Waals surface area contributed by atoms with E-state index in [1.54, 1.807) is 6.92 Å². The molecule has 1 saturated heterocycles. The van der Waals surface area contributed by atoms with Crippen LogP contribution in [0.1, 0.15) is 31.5 Å². The lowest BCUT2D eigenvalue weighted by Crippen LogP contribution is -2.48. The molecule has 2 amide bonds. The number of piperazine rings is 1. The summed E-state index contributed by atoms with van der Waals surface area (Å²) < 4.78 is 11.1. The second kappa shape index (κ2) is 10.2. The number of carbonyl (C=O) groups excluding carboxylic acids is 2. The Labute approximate surface area is 197 Å². The molecule has 1 aliphatic rings. The van der Waals surface area contributed by atoms with Crippen molar-refractivity contribution in [1.29, 1.82) is 0 Å². The summed E-state index contributed by atoms with van der Waals surface area (Å²) in [6, 6.07) is 15.0. The minimum atomic E-state index is -0.500. The highest BCUT2D eigenvalue weighted by molar-refractivity contribution is 6.01. The summed E-state index contributed by atoms with van der Waals surface area (Å²) in [6.45, 7) is 8.45. The molecular formula is C24H28N6O4. The summed E-state index contributed by atoms with van der Waals surface area (Å²) in [5, 5.41) is 13.5. The van der Waals surface area contributed by atoms with Gasteiger partial charge in [0.2, 0.25) is 5.91 Å². The van der Waals surface area contributed by atoms with Gasteiger partial charge in [-0.05, 0) is 50.2 Å². The molecule has 1 aromatic heterocycles. The topological polar surface area (TPSA) is 113 Å². The van der Waals surface area contributed by atoms with E-state index in [0.29, 0.717) is 30.2 Å². The maximum absolute atomic E-state index is 12.5. The van der Waals surface area contributed by atoms with E-state index in [1.807, 2.05) is 67.3 Å². The fourth-order valence-electron chi connectivity index (χ4n) is 3.63. The molecule has 0 bridgehead atoms. The third kappa shape index (κ3) is 5.83. The van der Waals surface area contributed by atoms with Crippen LogP contribution in [0.5, 0.6) is 5.75 Å². The van der Waals surface area contributed by atoms with Crippen LogP contribution >= 0.6 is 0 Å². The van der Waals surface area contributed by atoms with Gasteiger partial charge in [0.1, 0.15) is 5.75 Å². The second-order valence-electron chi connectivity index (χ2n) is 8.23. The van der Waals surface area contributed by atoms with E-state index in [4.69, 9.17) is 9.15 Å². The molecule has 0 unspecified atom stereocenters. The van der Waals surface area contributed by atoms with Crippen LogP contribution in [0.15, 0.2) is 52.9 Å². The van der Waals surface area contributed by atoms with Gasteiger partial charge in [0, 0.05) is 56.2 Å². The number of rotatable bonds is 7. The fourth-order valence-corrected chi connectivity index (χ4v) is 3.63. The quantitative estimate of drug-likeness (QED) is 0.546. The van der Waals surface area contributed by atoms with Crippen molar-refractivity contribution in [3.05, 3.63) is 54.4 Å². The number of benzene rings is 2. The van der Waals surface area contributed by atoms with Gasteiger partial charge in [-0.3, -0.25) is 9.59 Å². The minimum Gasteiger partial charge on any atom is -0.491 e. The Morgan fingerprint density at radius 2 is 1.74 bits per heavy atom. The number of amides is 2. The van der Waals surface area contributed by atoms with Gasteiger partial charge >= 0.3 is 17.8 Å². The molecule has 2 N–H and O–H groups in total. The maximum Gasteiger partial charge on any atom is 0.320 e. The Bertz CT molecular complexity index is 1140. The number of carbonyl (C=O) groups is 2. The molecule has 1 fully saturated rings. The van der Waals surface area contributed by atoms with Crippen molar-refractivity contribution in [2.75, 3.05) is 41.7 Å². The van der Waals surface area contributed by atoms with Gasteiger partial charge < -0.3 is 29.6 Å². The smallest absolute Gasteiger partial charge is 0.320 e. The number of anilines is 4. The van der Waals surface area contributed by atoms with Gasteiger partial charge in [-0.2, -0.15) is 0 Å². The Balaban J connectivity index is 1.33. The average molecular weight is 465 g/mol. The fraction of sp³-hybridized carbons (Fsp3) is 0.333. The van der Waals surface area contributed by atoms with E-state index in [-0.39, 0.29) is 23.9 Å². The van der Waals surface area contributed by atoms with Crippen LogP contribution < -0.4 is 20.3 Å². The minimum absolute atomic E-state index is 0.0555. The molecule has 0 aliphatic carbocycles. The lowest BCUT2D eigenvalue weighted by atomic mass is 10.2. The molecule has 3 aromatic rings. The van der Waals surface area contributed by atoms with Gasteiger partial charge in [-0.1, -0.05) is 11.2 Å². The highest BCUT2D eigenvalue weighted by atomic mass is 16.5. The number of hydrogen-bond acceptors (Lipinski definition) is 8. The van der Waals surface area contributed by atoms with Gasteiger partial charge in [0.25, 0.3) is 0 Å². The van der Waals surface area contributed by atoms with Gasteiger partial charge in [0.15, 0.2) is 0 Å². The monoisotopic (exact) mass is 464 g/mol. The Morgan fingerprint density at radius 3 is 2.41 bits per heavy atom. The number of aromatic nitrogens is 2. The highest BCUT2D eigenvalue weighted by Gasteiger charge is 2.19. The maximum atomic E-state index is 12.5. The molecule has 0 saturated carbocycles. The summed E-state index contributed by atoms with van der Waals surface area (Å²) in [6.07, 6.45) is 0.0555. The predicted molar refractivity (Wildman–Crippen MR) is 129 cm³/mol. The van der Waals surface area contributed by atoms with E-state index in [0.717, 1.165) is 18.8 Å². The molecule has 0 spiro atoms. The molecule has 10 heteroatoms. The van der Waals surface area contributed by atoms with Crippen molar-refractivity contribution in [1.82, 2.24) is 15.1 Å². The van der Waals surface area contributed by atoms with Crippen LogP contribution in [-0.2, 0) is 4.79 Å². The number of ether oxygens (including phenoxy) is 1. The largest absolute Gasteiger partial charge is 0.491 e. The standard InChI is InChI=1S/C24H28N6O4/c1-16(2)33-21-6-4-5-19(15-21)26-24-28-27-23(34-24)22(32)25-18-7-9-20(10-8-18)30-13-11-29(12-14-30)17(3)31/h4-10,15-16H,11-14H2,1-3H3,(H,25,32)(H,26,28). The Kier molecular flexibility index (Phi) is 6.95. The first-order chi connectivity index (χ1) is 16.4. The van der Waals surface area contributed by atoms with Crippen molar-refractivity contribution >= 4 is 34.9 Å². The SMILES string of the molecule is CC(=O)N1CCN(c2ccc(NC(=O)c3nnc(Nc4cccc(OC(C)C)c4)o3)cc2)CC1. The van der Waals surface area contributed by atoms with Crippen LogP contribution in [0.3, 0.4) is 0 Å². The molecular weight excluding hydrogens is 436 g/mol. The van der Waals surface area contributed by atoms with Crippen molar-refractivity contribution in [2.24, 2.45) is 0 Å². The van der Waals surface area contributed by atoms with Crippen LogP contribution in [0, 0.1) is 0 Å². The first-order valence-corrected chi connectivity index (χ1v) is 11.2. The van der Waals surface area contributed by atoms with Crippen LogP contribution in [0.2, 0.25) is 0 Å². The molecule has 2 heterocycles. The molecule has 34 heavy (non-hydrogen) atoms. The molecule has 10 nitrogen and oxygen atoms in total. The lowest BCUT2D eigenvalue weighted by Gasteiger charge is -2.35. The van der Waals surface area contributed by atoms with E-state index >= 15 is 0 Å². The zero-order valence-corrected chi connectivity index (χ0v) is 19.4. The molecule has 4 rings (SSSR count). The Morgan fingerprint density at radius 1 is 1.00 bits per heavy atom. The van der Waals surface area contributed by atoms with Gasteiger partial charge in [0.05, 0.1) is 6.10 Å². The number of nitrogens with one attached hydrogen (secondary N) is 2. The average Bonchev–Trinajstić information content (AvgIpc) is 3.28. The highest BCUT2D eigenvalue weighted by Crippen LogP contribution is 2.23. The van der Waals surface area contributed by atoms with Crippen LogP contribution in [-0.4, -0.2) is 59.2 Å². The van der Waals surface area contributed by atoms with E-state index in [2.05, 4.69) is 25.7 Å². The second-order valence-corrected chi connectivity index (χ2v) is 8.23. The van der Waals surface area contributed by atoms with Gasteiger partial charge in [-0.15, -0.1) is 5.10 Å². The first-order valence-electron chi connectivity index (χ1n) is 11.2. The van der Waals surface area contributed by atoms with E-state index in [9.17, 15) is 9.59 Å². The van der Waals surface area contributed by atoms with Crippen LogP contribution in [0.25, 0.3) is 0 Å². The summed E-state index contributed by atoms with van der Waals surface area (Å²) in [5.74, 6) is 0.161. The third-order valence-electron chi connectivity index (χ3n) is 5.29. The first kappa shape index (κ1) is 23.1. The van der Waals surface area contributed by atoms with Crippen molar-refractivity contribution in [3.63, 3.8) is 0 Å². The molecule has 1 aliphatic heterocycles. The van der Waals surface area contributed by atoms with E-state index < -0.39 is 5.91 Å². The van der Waals surface area contributed by atoms with Crippen molar-refractivity contribution < 1.29 is 18.7 Å². The Hall–Kier alpha value is -4.08. The molecule has 2 aromatic carbocycles. The zero-order chi connectivity index (χ0) is 24.1. The predicted octanol–water partition coefficient (Wildman–Crippen LogP) is 3.52. The summed E-state index contributed by atoms with van der Waals surface area (Å²) in [5.41, 5.74) is 2.35. The normalized spacial score (nSPS) is 13.6. The molecule has 178 valence electrons. The number of hydrogen-bond donors (Lipinski definition) is 2. The van der Waals surface area contributed by atoms with E-state index in [1.165, 1.54) is 0 Å². The number of nitrogens with zero attached hydrogens (tertiary/aromatic N) is 4. The molecule has 0 radical (unpaired) electrons. The van der Waals surface area contributed by atoms with Crippen LogP contribution in [0.4, 0.5) is 23.1 Å². The zero-order valence-electron chi connectivity index (χ0n) is 19.4. The third-order valence-corrected chi connectivity index (χ3v) is 5.29. The summed E-state index contributed by atoms with van der Waals surface area (Å²) in [7, 11) is 0. The van der Waals surface area contributed by atoms with Crippen molar-refractivity contribution in [2.45, 2.75) is 26.9 Å². The summed E-state index contributed by atoms with van der Waals surface area (Å²) >= 11 is 0. The van der Waals surface area contributed by atoms with Gasteiger partial charge in [-0.25, -0.2) is 0 Å². The lowest BCUT2D eigenvalue weighted by molar-refractivity contribution is -0.129. The molecule has 0 atom stereocenters. The van der Waals surface area contributed by atoms with Crippen molar-refractivity contribution in [3.8, 4) is 5.75 Å².